The van der Waals surface area contributed by atoms with Crippen molar-refractivity contribution in [2.45, 2.75) is 51.5 Å². The van der Waals surface area contributed by atoms with E-state index in [4.69, 9.17) is 0 Å². The van der Waals surface area contributed by atoms with Crippen LogP contribution in [0, 0.1) is 23.5 Å². The fourth-order valence-electron chi connectivity index (χ4n) is 3.42. The minimum atomic E-state index is -0.766. The van der Waals surface area contributed by atoms with E-state index in [1.54, 1.807) is 6.07 Å². The number of benzene rings is 1. The van der Waals surface area contributed by atoms with Crippen molar-refractivity contribution in [3.63, 3.8) is 0 Å². The van der Waals surface area contributed by atoms with Gasteiger partial charge in [0.25, 0.3) is 0 Å². The number of rotatable bonds is 5. The van der Waals surface area contributed by atoms with Crippen molar-refractivity contribution in [2.75, 3.05) is 7.05 Å². The van der Waals surface area contributed by atoms with Crippen molar-refractivity contribution >= 4 is 0 Å². The summed E-state index contributed by atoms with van der Waals surface area (Å²) in [4.78, 5) is 0. The lowest BCUT2D eigenvalue weighted by atomic mass is 9.76. The van der Waals surface area contributed by atoms with Gasteiger partial charge < -0.3 is 5.32 Å². The molecule has 0 saturated heterocycles. The highest BCUT2D eigenvalue weighted by atomic mass is 19.2. The van der Waals surface area contributed by atoms with Gasteiger partial charge in [0.2, 0.25) is 0 Å². The molecule has 112 valence electrons. The Labute approximate surface area is 120 Å². The van der Waals surface area contributed by atoms with E-state index in [0.717, 1.165) is 17.9 Å². The minimum Gasteiger partial charge on any atom is -0.316 e. The summed E-state index contributed by atoms with van der Waals surface area (Å²) in [5.74, 6) is 0.0215. The highest BCUT2D eigenvalue weighted by Gasteiger charge is 2.26. The van der Waals surface area contributed by atoms with E-state index in [1.165, 1.54) is 44.2 Å². The van der Waals surface area contributed by atoms with Gasteiger partial charge >= 0.3 is 0 Å². The Kier molecular flexibility index (Phi) is 5.53. The quantitative estimate of drug-likeness (QED) is 0.848. The average Bonchev–Trinajstić information content (AvgIpc) is 2.48. The molecule has 0 aliphatic heterocycles. The molecule has 20 heavy (non-hydrogen) atoms. The van der Waals surface area contributed by atoms with E-state index in [1.807, 2.05) is 7.05 Å². The van der Waals surface area contributed by atoms with Gasteiger partial charge in [-0.15, -0.1) is 0 Å². The van der Waals surface area contributed by atoms with Gasteiger partial charge in [-0.2, -0.15) is 0 Å². The standard InChI is InChI=1S/C17H25F2N/c1-3-12-4-7-14(8-5-12)17(20-2)11-13-6-9-15(18)16(19)10-13/h6,9-10,12,14,17,20H,3-5,7-8,11H2,1-2H3. The molecule has 1 aromatic rings. The zero-order valence-corrected chi connectivity index (χ0v) is 12.5. The number of hydrogen-bond donors (Lipinski definition) is 1. The predicted molar refractivity (Wildman–Crippen MR) is 78.6 cm³/mol. The van der Waals surface area contributed by atoms with E-state index in [0.29, 0.717) is 12.0 Å². The first-order chi connectivity index (χ1) is 9.63. The molecule has 1 N–H and O–H groups in total. The maximum atomic E-state index is 13.3. The molecule has 2 rings (SSSR count). The average molecular weight is 281 g/mol. The van der Waals surface area contributed by atoms with Crippen molar-refractivity contribution in [2.24, 2.45) is 11.8 Å². The first-order valence-corrected chi connectivity index (χ1v) is 7.75. The smallest absolute Gasteiger partial charge is 0.159 e. The van der Waals surface area contributed by atoms with Gasteiger partial charge in [0.15, 0.2) is 11.6 Å². The Hall–Kier alpha value is -0.960. The zero-order chi connectivity index (χ0) is 14.5. The van der Waals surface area contributed by atoms with E-state index < -0.39 is 11.6 Å². The van der Waals surface area contributed by atoms with Gasteiger partial charge in [-0.05, 0) is 55.8 Å². The lowest BCUT2D eigenvalue weighted by molar-refractivity contribution is 0.222. The molecule has 0 aromatic heterocycles. The third-order valence-electron chi connectivity index (χ3n) is 4.85. The van der Waals surface area contributed by atoms with Crippen molar-refractivity contribution in [1.29, 1.82) is 0 Å². The van der Waals surface area contributed by atoms with Crippen molar-refractivity contribution in [1.82, 2.24) is 5.32 Å². The number of likely N-dealkylation sites (N-methyl/N-ethyl adjacent to an activating group) is 1. The summed E-state index contributed by atoms with van der Waals surface area (Å²) in [7, 11) is 1.97. The molecule has 1 aliphatic carbocycles. The molecule has 0 heterocycles. The third kappa shape index (κ3) is 3.78. The van der Waals surface area contributed by atoms with E-state index in [9.17, 15) is 8.78 Å². The van der Waals surface area contributed by atoms with E-state index in [2.05, 4.69) is 12.2 Å². The minimum absolute atomic E-state index is 0.359. The molecule has 1 unspecified atom stereocenters. The molecule has 1 fully saturated rings. The van der Waals surface area contributed by atoms with Crippen LogP contribution in [-0.4, -0.2) is 13.1 Å². The van der Waals surface area contributed by atoms with E-state index in [-0.39, 0.29) is 0 Å². The fourth-order valence-corrected chi connectivity index (χ4v) is 3.42. The molecule has 0 amide bonds. The van der Waals surface area contributed by atoms with Crippen molar-refractivity contribution in [3.8, 4) is 0 Å². The summed E-state index contributed by atoms with van der Waals surface area (Å²) in [5.41, 5.74) is 0.876. The second-order valence-electron chi connectivity index (χ2n) is 6.04. The second kappa shape index (κ2) is 7.16. The number of nitrogens with one attached hydrogen (secondary N) is 1. The Morgan fingerprint density at radius 2 is 1.85 bits per heavy atom. The highest BCUT2D eigenvalue weighted by Crippen LogP contribution is 2.33. The lowest BCUT2D eigenvalue weighted by Gasteiger charge is -2.33. The maximum absolute atomic E-state index is 13.3. The fraction of sp³-hybridized carbons (Fsp3) is 0.647. The summed E-state index contributed by atoms with van der Waals surface area (Å²) in [6, 6.07) is 4.61. The molecule has 3 heteroatoms. The first kappa shape index (κ1) is 15.4. The van der Waals surface area contributed by atoms with Gasteiger partial charge in [-0.3, -0.25) is 0 Å². The van der Waals surface area contributed by atoms with Crippen LogP contribution in [0.2, 0.25) is 0 Å². The largest absolute Gasteiger partial charge is 0.316 e. The first-order valence-electron chi connectivity index (χ1n) is 7.75. The Morgan fingerprint density at radius 3 is 2.40 bits per heavy atom. The van der Waals surface area contributed by atoms with Crippen molar-refractivity contribution < 1.29 is 8.78 Å². The Balaban J connectivity index is 1.96. The molecule has 0 spiro atoms. The SMILES string of the molecule is CCC1CCC(C(Cc2ccc(F)c(F)c2)NC)CC1. The lowest BCUT2D eigenvalue weighted by Crippen LogP contribution is -2.37. The molecule has 0 bridgehead atoms. The van der Waals surface area contributed by atoms with Crippen LogP contribution in [-0.2, 0) is 6.42 Å². The molecular formula is C17H25F2N. The predicted octanol–water partition coefficient (Wildman–Crippen LogP) is 4.31. The molecule has 1 aromatic carbocycles. The van der Waals surface area contributed by atoms with Crippen LogP contribution < -0.4 is 5.32 Å². The van der Waals surface area contributed by atoms with E-state index >= 15 is 0 Å². The van der Waals surface area contributed by atoms with Gasteiger partial charge in [0.05, 0.1) is 0 Å². The highest BCUT2D eigenvalue weighted by molar-refractivity contribution is 5.19. The summed E-state index contributed by atoms with van der Waals surface area (Å²) in [6.07, 6.45) is 7.14. The number of hydrogen-bond acceptors (Lipinski definition) is 1. The summed E-state index contributed by atoms with van der Waals surface area (Å²) in [6.45, 7) is 2.27. The monoisotopic (exact) mass is 281 g/mol. The normalized spacial score (nSPS) is 24.6. The van der Waals surface area contributed by atoms with Gasteiger partial charge in [0, 0.05) is 6.04 Å². The summed E-state index contributed by atoms with van der Waals surface area (Å²) < 4.78 is 26.2. The van der Waals surface area contributed by atoms with Crippen LogP contribution in [0.5, 0.6) is 0 Å². The molecule has 1 atom stereocenters. The molecule has 1 aliphatic rings. The number of halogens is 2. The van der Waals surface area contributed by atoms with Gasteiger partial charge in [0.1, 0.15) is 0 Å². The maximum Gasteiger partial charge on any atom is 0.159 e. The van der Waals surface area contributed by atoms with Crippen LogP contribution >= 0.6 is 0 Å². The molecule has 1 nitrogen and oxygen atoms in total. The summed E-state index contributed by atoms with van der Waals surface area (Å²) >= 11 is 0. The van der Waals surface area contributed by atoms with Gasteiger partial charge in [-0.25, -0.2) is 8.78 Å². The van der Waals surface area contributed by atoms with Crippen LogP contribution in [0.1, 0.15) is 44.6 Å². The topological polar surface area (TPSA) is 12.0 Å². The summed E-state index contributed by atoms with van der Waals surface area (Å²) in [5, 5.41) is 3.37. The Morgan fingerprint density at radius 1 is 1.15 bits per heavy atom. The van der Waals surface area contributed by atoms with Crippen LogP contribution in [0.4, 0.5) is 8.78 Å². The van der Waals surface area contributed by atoms with Crippen LogP contribution in [0.15, 0.2) is 18.2 Å². The van der Waals surface area contributed by atoms with Gasteiger partial charge in [-0.1, -0.05) is 32.3 Å². The van der Waals surface area contributed by atoms with Crippen LogP contribution in [0.25, 0.3) is 0 Å². The molecule has 1 saturated carbocycles. The third-order valence-corrected chi connectivity index (χ3v) is 4.85. The molecule has 0 radical (unpaired) electrons. The second-order valence-corrected chi connectivity index (χ2v) is 6.04. The van der Waals surface area contributed by atoms with Crippen molar-refractivity contribution in [3.05, 3.63) is 35.4 Å². The zero-order valence-electron chi connectivity index (χ0n) is 12.5. The Bertz CT molecular complexity index is 425. The van der Waals surface area contributed by atoms with Crippen LogP contribution in [0.3, 0.4) is 0 Å². The molecular weight excluding hydrogens is 256 g/mol.